The molecule has 0 aromatic carbocycles. The summed E-state index contributed by atoms with van der Waals surface area (Å²) in [5.41, 5.74) is 1.04. The second-order valence-electron chi connectivity index (χ2n) is 5.47. The molecular formula is C15H20N4O3. The van der Waals surface area contributed by atoms with Crippen molar-refractivity contribution in [1.82, 2.24) is 20.1 Å². The van der Waals surface area contributed by atoms with Gasteiger partial charge < -0.3 is 10.4 Å². The van der Waals surface area contributed by atoms with E-state index in [1.54, 1.807) is 16.9 Å². The lowest BCUT2D eigenvalue weighted by atomic mass is 10.1. The van der Waals surface area contributed by atoms with E-state index in [0.717, 1.165) is 5.39 Å². The molecule has 0 saturated carbocycles. The van der Waals surface area contributed by atoms with Crippen LogP contribution < -0.4 is 5.32 Å². The molecule has 2 heterocycles. The fraction of sp³-hybridized carbons (Fsp3) is 0.467. The van der Waals surface area contributed by atoms with Crippen LogP contribution in [0.1, 0.15) is 50.0 Å². The number of carboxylic acid groups (broad SMARTS) is 1. The van der Waals surface area contributed by atoms with Crippen molar-refractivity contribution in [2.75, 3.05) is 0 Å². The van der Waals surface area contributed by atoms with Crippen molar-refractivity contribution in [3.8, 4) is 0 Å². The van der Waals surface area contributed by atoms with Crippen LogP contribution in [0.2, 0.25) is 0 Å². The van der Waals surface area contributed by atoms with Crippen molar-refractivity contribution >= 4 is 22.9 Å². The van der Waals surface area contributed by atoms with Crippen molar-refractivity contribution in [3.05, 3.63) is 24.0 Å². The third-order valence-corrected chi connectivity index (χ3v) is 3.37. The van der Waals surface area contributed by atoms with Crippen LogP contribution in [0, 0.1) is 0 Å². The van der Waals surface area contributed by atoms with E-state index in [0.29, 0.717) is 24.1 Å². The van der Waals surface area contributed by atoms with Crippen LogP contribution in [0.3, 0.4) is 0 Å². The van der Waals surface area contributed by atoms with Crippen LogP contribution >= 0.6 is 0 Å². The summed E-state index contributed by atoms with van der Waals surface area (Å²) in [6, 6.07) is 0.964. The van der Waals surface area contributed by atoms with Crippen molar-refractivity contribution in [3.63, 3.8) is 0 Å². The van der Waals surface area contributed by atoms with Gasteiger partial charge in [-0.1, -0.05) is 13.3 Å². The number of pyridine rings is 1. The molecule has 0 spiro atoms. The van der Waals surface area contributed by atoms with Gasteiger partial charge in [-0.3, -0.25) is 4.79 Å². The standard InChI is InChI=1S/C15H20N4O3/c1-4-5-12(15(21)22)18-14(20)11-6-10-8-17-19(9(2)3)13(10)16-7-11/h6-9,12H,4-5H2,1-3H3,(H,18,20)(H,21,22). The van der Waals surface area contributed by atoms with Crippen LogP contribution in [0.5, 0.6) is 0 Å². The molecule has 0 fully saturated rings. The van der Waals surface area contributed by atoms with Gasteiger partial charge in [0.05, 0.1) is 11.8 Å². The van der Waals surface area contributed by atoms with E-state index in [-0.39, 0.29) is 6.04 Å². The summed E-state index contributed by atoms with van der Waals surface area (Å²) in [7, 11) is 0. The third kappa shape index (κ3) is 3.24. The molecule has 1 unspecified atom stereocenters. The number of nitrogens with one attached hydrogen (secondary N) is 1. The molecule has 1 atom stereocenters. The van der Waals surface area contributed by atoms with E-state index in [1.165, 1.54) is 6.20 Å². The summed E-state index contributed by atoms with van der Waals surface area (Å²) in [6.45, 7) is 5.86. The monoisotopic (exact) mass is 304 g/mol. The van der Waals surface area contributed by atoms with Gasteiger partial charge in [0.15, 0.2) is 5.65 Å². The summed E-state index contributed by atoms with van der Waals surface area (Å²) in [6.07, 6.45) is 4.17. The minimum absolute atomic E-state index is 0.172. The van der Waals surface area contributed by atoms with Gasteiger partial charge in [-0.2, -0.15) is 5.10 Å². The summed E-state index contributed by atoms with van der Waals surface area (Å²) in [4.78, 5) is 27.6. The molecule has 7 nitrogen and oxygen atoms in total. The van der Waals surface area contributed by atoms with Gasteiger partial charge in [0.2, 0.25) is 0 Å². The number of rotatable bonds is 6. The first-order valence-corrected chi connectivity index (χ1v) is 7.31. The largest absolute Gasteiger partial charge is 0.480 e. The van der Waals surface area contributed by atoms with Crippen molar-refractivity contribution < 1.29 is 14.7 Å². The highest BCUT2D eigenvalue weighted by molar-refractivity contribution is 5.98. The summed E-state index contributed by atoms with van der Waals surface area (Å²) < 4.78 is 1.77. The van der Waals surface area contributed by atoms with E-state index in [9.17, 15) is 9.59 Å². The molecule has 0 aliphatic heterocycles. The number of aromatic nitrogens is 3. The lowest BCUT2D eigenvalue weighted by molar-refractivity contribution is -0.139. The molecule has 2 aromatic heterocycles. The quantitative estimate of drug-likeness (QED) is 0.850. The fourth-order valence-corrected chi connectivity index (χ4v) is 2.23. The topological polar surface area (TPSA) is 97.1 Å². The Bertz CT molecular complexity index is 693. The number of fused-ring (bicyclic) bond motifs is 1. The van der Waals surface area contributed by atoms with Crippen LogP contribution in [-0.4, -0.2) is 37.8 Å². The zero-order valence-corrected chi connectivity index (χ0v) is 12.9. The SMILES string of the molecule is CCCC(NC(=O)c1cnc2c(cnn2C(C)C)c1)C(=O)O. The number of carboxylic acids is 1. The molecule has 2 aromatic rings. The van der Waals surface area contributed by atoms with E-state index in [2.05, 4.69) is 15.4 Å². The van der Waals surface area contributed by atoms with Crippen molar-refractivity contribution in [2.45, 2.75) is 45.7 Å². The molecule has 0 aliphatic carbocycles. The predicted molar refractivity (Wildman–Crippen MR) is 81.7 cm³/mol. The first-order chi connectivity index (χ1) is 10.4. The average molecular weight is 304 g/mol. The van der Waals surface area contributed by atoms with Gasteiger partial charge in [-0.05, 0) is 26.3 Å². The van der Waals surface area contributed by atoms with E-state index < -0.39 is 17.9 Å². The third-order valence-electron chi connectivity index (χ3n) is 3.37. The second kappa shape index (κ2) is 6.55. The Labute approximate surface area is 128 Å². The van der Waals surface area contributed by atoms with E-state index in [4.69, 9.17) is 5.11 Å². The zero-order valence-electron chi connectivity index (χ0n) is 12.9. The van der Waals surface area contributed by atoms with Gasteiger partial charge >= 0.3 is 5.97 Å². The molecule has 118 valence electrons. The smallest absolute Gasteiger partial charge is 0.326 e. The predicted octanol–water partition coefficient (Wildman–Crippen LogP) is 2.00. The van der Waals surface area contributed by atoms with Crippen LogP contribution in [0.25, 0.3) is 11.0 Å². The maximum atomic E-state index is 12.2. The normalized spacial score (nSPS) is 12.5. The molecule has 22 heavy (non-hydrogen) atoms. The zero-order chi connectivity index (χ0) is 16.3. The lowest BCUT2D eigenvalue weighted by Gasteiger charge is -2.13. The van der Waals surface area contributed by atoms with E-state index in [1.807, 2.05) is 20.8 Å². The second-order valence-corrected chi connectivity index (χ2v) is 5.47. The first-order valence-electron chi connectivity index (χ1n) is 7.31. The summed E-state index contributed by atoms with van der Waals surface area (Å²) in [5, 5.41) is 16.6. The highest BCUT2D eigenvalue weighted by Crippen LogP contribution is 2.16. The first kappa shape index (κ1) is 15.9. The number of carbonyl (C=O) groups excluding carboxylic acids is 1. The van der Waals surface area contributed by atoms with Crippen LogP contribution in [0.15, 0.2) is 18.5 Å². The number of hydrogen-bond acceptors (Lipinski definition) is 4. The molecule has 0 radical (unpaired) electrons. The Hall–Kier alpha value is -2.44. The van der Waals surface area contributed by atoms with E-state index >= 15 is 0 Å². The van der Waals surface area contributed by atoms with Gasteiger partial charge in [-0.25, -0.2) is 14.5 Å². The molecule has 2 N–H and O–H groups in total. The fourth-order valence-electron chi connectivity index (χ4n) is 2.23. The molecule has 7 heteroatoms. The van der Waals surface area contributed by atoms with Crippen molar-refractivity contribution in [2.24, 2.45) is 0 Å². The molecule has 0 bridgehead atoms. The number of hydrogen-bond donors (Lipinski definition) is 2. The Kier molecular flexibility index (Phi) is 4.75. The Balaban J connectivity index is 2.23. The molecule has 1 amide bonds. The van der Waals surface area contributed by atoms with Crippen LogP contribution in [-0.2, 0) is 4.79 Å². The van der Waals surface area contributed by atoms with Gasteiger partial charge in [0.25, 0.3) is 5.91 Å². The van der Waals surface area contributed by atoms with Crippen molar-refractivity contribution in [1.29, 1.82) is 0 Å². The number of aliphatic carboxylic acids is 1. The minimum Gasteiger partial charge on any atom is -0.480 e. The highest BCUT2D eigenvalue weighted by atomic mass is 16.4. The minimum atomic E-state index is -1.03. The molecule has 0 aliphatic rings. The molecule has 2 rings (SSSR count). The number of nitrogens with zero attached hydrogens (tertiary/aromatic N) is 3. The Morgan fingerprint density at radius 2 is 2.09 bits per heavy atom. The Morgan fingerprint density at radius 3 is 2.68 bits per heavy atom. The number of amides is 1. The maximum absolute atomic E-state index is 12.2. The number of carbonyl (C=O) groups is 2. The highest BCUT2D eigenvalue weighted by Gasteiger charge is 2.20. The van der Waals surface area contributed by atoms with Gasteiger partial charge in [0, 0.05) is 17.6 Å². The summed E-state index contributed by atoms with van der Waals surface area (Å²) >= 11 is 0. The maximum Gasteiger partial charge on any atom is 0.326 e. The summed E-state index contributed by atoms with van der Waals surface area (Å²) in [5.74, 6) is -1.47. The lowest BCUT2D eigenvalue weighted by Crippen LogP contribution is -2.40. The Morgan fingerprint density at radius 1 is 1.36 bits per heavy atom. The van der Waals surface area contributed by atoms with Gasteiger partial charge in [0.1, 0.15) is 6.04 Å². The van der Waals surface area contributed by atoms with Gasteiger partial charge in [-0.15, -0.1) is 0 Å². The average Bonchev–Trinajstić information content (AvgIpc) is 2.89. The van der Waals surface area contributed by atoms with Crippen LogP contribution in [0.4, 0.5) is 0 Å². The molecular weight excluding hydrogens is 284 g/mol. The molecule has 0 saturated heterocycles.